The molecule has 6 nitrogen and oxygen atoms in total. The minimum Gasteiger partial charge on any atom is -0.507 e. The first kappa shape index (κ1) is 17.5. The van der Waals surface area contributed by atoms with Crippen LogP contribution in [0.2, 0.25) is 0 Å². The Bertz CT molecular complexity index is 691. The van der Waals surface area contributed by atoms with E-state index in [1.807, 2.05) is 19.1 Å². The molecule has 1 fully saturated rings. The van der Waals surface area contributed by atoms with Crippen molar-refractivity contribution < 1.29 is 14.6 Å². The third-order valence-corrected chi connectivity index (χ3v) is 4.72. The van der Waals surface area contributed by atoms with Gasteiger partial charge in [0, 0.05) is 44.4 Å². The van der Waals surface area contributed by atoms with Crippen molar-refractivity contribution in [1.29, 1.82) is 0 Å². The quantitative estimate of drug-likeness (QED) is 0.828. The molecule has 6 heteroatoms. The number of carbonyl (C=O) groups is 1. The number of hydrogen-bond acceptors (Lipinski definition) is 6. The molecular formula is C19H25N3O3. The highest BCUT2D eigenvalue weighted by atomic mass is 16.5. The van der Waals surface area contributed by atoms with Crippen LogP contribution in [0.25, 0.3) is 0 Å². The number of carbonyl (C=O) groups excluding carboxylic acids is 1. The third-order valence-electron chi connectivity index (χ3n) is 4.72. The van der Waals surface area contributed by atoms with Crippen molar-refractivity contribution in [2.24, 2.45) is 5.92 Å². The molecule has 1 aromatic heterocycles. The first-order chi connectivity index (χ1) is 12.1. The van der Waals surface area contributed by atoms with E-state index in [-0.39, 0.29) is 17.3 Å². The van der Waals surface area contributed by atoms with Crippen LogP contribution in [0, 0.1) is 5.92 Å². The van der Waals surface area contributed by atoms with Gasteiger partial charge in [-0.25, -0.2) is 4.98 Å². The summed E-state index contributed by atoms with van der Waals surface area (Å²) in [6, 6.07) is 3.90. The summed E-state index contributed by atoms with van der Waals surface area (Å²) in [7, 11) is 2.12. The molecule has 2 aliphatic rings. The van der Waals surface area contributed by atoms with Crippen LogP contribution in [0.3, 0.4) is 0 Å². The fourth-order valence-electron chi connectivity index (χ4n) is 3.24. The Labute approximate surface area is 148 Å². The number of aldehydes is 1. The average molecular weight is 343 g/mol. The Hall–Kier alpha value is -2.34. The van der Waals surface area contributed by atoms with Gasteiger partial charge in [-0.2, -0.15) is 0 Å². The summed E-state index contributed by atoms with van der Waals surface area (Å²) in [4.78, 5) is 20.4. The molecule has 0 spiro atoms. The standard InChI is InChI=1S/C19H25N3O3/c1-14-10-17(24)16(12-23)18(11-14)25-13-15-4-3-5-20-19(15)22-8-6-21(2)7-9-22/h3-5,10,12,14,24H,6-9,11,13H2,1-2H3. The summed E-state index contributed by atoms with van der Waals surface area (Å²) in [5.74, 6) is 1.64. The van der Waals surface area contributed by atoms with Gasteiger partial charge in [0.15, 0.2) is 6.29 Å². The van der Waals surface area contributed by atoms with Gasteiger partial charge in [-0.3, -0.25) is 4.79 Å². The van der Waals surface area contributed by atoms with Crippen molar-refractivity contribution in [2.75, 3.05) is 38.1 Å². The number of aromatic nitrogens is 1. The number of pyridine rings is 1. The predicted octanol–water partition coefficient (Wildman–Crippen LogP) is 2.28. The minimum absolute atomic E-state index is 0.00854. The lowest BCUT2D eigenvalue weighted by molar-refractivity contribution is -0.105. The largest absolute Gasteiger partial charge is 0.507 e. The SMILES string of the molecule is CC1C=C(O)C(C=O)=C(OCc2cccnc2N2CCN(C)CC2)C1. The molecule has 0 saturated carbocycles. The Morgan fingerprint density at radius 2 is 2.12 bits per heavy atom. The lowest BCUT2D eigenvalue weighted by atomic mass is 9.95. The van der Waals surface area contributed by atoms with E-state index in [4.69, 9.17) is 4.74 Å². The molecule has 1 N–H and O–H groups in total. The number of rotatable bonds is 5. The van der Waals surface area contributed by atoms with Crippen LogP contribution in [0.1, 0.15) is 18.9 Å². The molecule has 1 atom stereocenters. The van der Waals surface area contributed by atoms with Crippen LogP contribution in [0.5, 0.6) is 0 Å². The third kappa shape index (κ3) is 4.02. The molecule has 0 aromatic carbocycles. The molecule has 1 aliphatic heterocycles. The van der Waals surface area contributed by atoms with Crippen molar-refractivity contribution in [3.05, 3.63) is 47.1 Å². The molecule has 134 valence electrons. The van der Waals surface area contributed by atoms with Crippen LogP contribution in [-0.4, -0.2) is 54.5 Å². The topological polar surface area (TPSA) is 65.9 Å². The van der Waals surface area contributed by atoms with E-state index < -0.39 is 0 Å². The summed E-state index contributed by atoms with van der Waals surface area (Å²) in [5, 5.41) is 9.96. The Balaban J connectivity index is 1.75. The zero-order valence-corrected chi connectivity index (χ0v) is 14.8. The van der Waals surface area contributed by atoms with Crippen molar-refractivity contribution in [1.82, 2.24) is 9.88 Å². The second kappa shape index (κ2) is 7.70. The Kier molecular flexibility index (Phi) is 5.38. The summed E-state index contributed by atoms with van der Waals surface area (Å²) in [5.41, 5.74) is 1.25. The molecule has 3 rings (SSSR count). The Morgan fingerprint density at radius 1 is 1.36 bits per heavy atom. The van der Waals surface area contributed by atoms with Crippen molar-refractivity contribution in [2.45, 2.75) is 20.0 Å². The highest BCUT2D eigenvalue weighted by molar-refractivity contribution is 5.80. The van der Waals surface area contributed by atoms with Gasteiger partial charge in [-0.05, 0) is 25.1 Å². The van der Waals surface area contributed by atoms with Crippen molar-refractivity contribution >= 4 is 12.1 Å². The van der Waals surface area contributed by atoms with Gasteiger partial charge in [-0.1, -0.05) is 13.0 Å². The maximum atomic E-state index is 11.3. The zero-order valence-electron chi connectivity index (χ0n) is 14.8. The van der Waals surface area contributed by atoms with E-state index in [0.717, 1.165) is 37.6 Å². The predicted molar refractivity (Wildman–Crippen MR) is 96.3 cm³/mol. The molecule has 1 unspecified atom stereocenters. The summed E-state index contributed by atoms with van der Waals surface area (Å²) >= 11 is 0. The van der Waals surface area contributed by atoms with Gasteiger partial charge in [0.05, 0.1) is 5.57 Å². The highest BCUT2D eigenvalue weighted by Crippen LogP contribution is 2.29. The van der Waals surface area contributed by atoms with Crippen LogP contribution in [0.15, 0.2) is 41.5 Å². The summed E-state index contributed by atoms with van der Waals surface area (Å²) in [6.45, 7) is 6.21. The normalized spacial score (nSPS) is 21.9. The van der Waals surface area contributed by atoms with E-state index in [1.54, 1.807) is 12.3 Å². The van der Waals surface area contributed by atoms with Gasteiger partial charge in [0.25, 0.3) is 0 Å². The van der Waals surface area contributed by atoms with Crippen LogP contribution >= 0.6 is 0 Å². The zero-order chi connectivity index (χ0) is 17.8. The fourth-order valence-corrected chi connectivity index (χ4v) is 3.24. The summed E-state index contributed by atoms with van der Waals surface area (Å²) < 4.78 is 5.94. The van der Waals surface area contributed by atoms with E-state index in [0.29, 0.717) is 25.1 Å². The number of aliphatic hydroxyl groups excluding tert-OH is 1. The molecule has 0 bridgehead atoms. The lowest BCUT2D eigenvalue weighted by Gasteiger charge is -2.34. The first-order valence-corrected chi connectivity index (χ1v) is 8.68. The summed E-state index contributed by atoms with van der Waals surface area (Å²) in [6.07, 6.45) is 4.76. The number of ether oxygens (including phenoxy) is 1. The molecule has 0 radical (unpaired) electrons. The molecule has 0 amide bonds. The number of nitrogens with zero attached hydrogens (tertiary/aromatic N) is 3. The van der Waals surface area contributed by atoms with Crippen molar-refractivity contribution in [3.63, 3.8) is 0 Å². The maximum absolute atomic E-state index is 11.3. The smallest absolute Gasteiger partial charge is 0.157 e. The molecule has 1 saturated heterocycles. The van der Waals surface area contributed by atoms with Gasteiger partial charge in [0.1, 0.15) is 23.9 Å². The average Bonchev–Trinajstić information content (AvgIpc) is 2.60. The molecule has 2 heterocycles. The highest BCUT2D eigenvalue weighted by Gasteiger charge is 2.22. The number of anilines is 1. The van der Waals surface area contributed by atoms with Gasteiger partial charge >= 0.3 is 0 Å². The van der Waals surface area contributed by atoms with E-state index in [9.17, 15) is 9.90 Å². The van der Waals surface area contributed by atoms with Crippen LogP contribution < -0.4 is 4.90 Å². The number of likely N-dealkylation sites (N-methyl/N-ethyl adjacent to an activating group) is 1. The first-order valence-electron chi connectivity index (χ1n) is 8.68. The van der Waals surface area contributed by atoms with E-state index in [2.05, 4.69) is 21.8 Å². The van der Waals surface area contributed by atoms with Crippen LogP contribution in [-0.2, 0) is 16.1 Å². The van der Waals surface area contributed by atoms with Gasteiger partial charge in [0.2, 0.25) is 0 Å². The monoisotopic (exact) mass is 343 g/mol. The molecular weight excluding hydrogens is 318 g/mol. The van der Waals surface area contributed by atoms with Crippen molar-refractivity contribution in [3.8, 4) is 0 Å². The lowest BCUT2D eigenvalue weighted by Crippen LogP contribution is -2.45. The molecule has 1 aromatic rings. The second-order valence-electron chi connectivity index (χ2n) is 6.75. The minimum atomic E-state index is 0.00854. The van der Waals surface area contributed by atoms with Gasteiger partial charge < -0.3 is 19.6 Å². The van der Waals surface area contributed by atoms with Crippen LogP contribution in [0.4, 0.5) is 5.82 Å². The number of piperazine rings is 1. The second-order valence-corrected chi connectivity index (χ2v) is 6.75. The number of hydrogen-bond donors (Lipinski definition) is 1. The van der Waals surface area contributed by atoms with Gasteiger partial charge in [-0.15, -0.1) is 0 Å². The molecule has 1 aliphatic carbocycles. The Morgan fingerprint density at radius 3 is 2.84 bits per heavy atom. The number of aliphatic hydroxyl groups is 1. The molecule has 25 heavy (non-hydrogen) atoms. The maximum Gasteiger partial charge on any atom is 0.157 e. The fraction of sp³-hybridized carbons (Fsp3) is 0.474. The number of allylic oxidation sites excluding steroid dienone is 3. The van der Waals surface area contributed by atoms with E-state index in [1.165, 1.54) is 0 Å². The van der Waals surface area contributed by atoms with E-state index >= 15 is 0 Å².